The summed E-state index contributed by atoms with van der Waals surface area (Å²) in [6.45, 7) is 0. The molecule has 27 heavy (non-hydrogen) atoms. The van der Waals surface area contributed by atoms with Crippen molar-refractivity contribution < 1.29 is 26.7 Å². The summed E-state index contributed by atoms with van der Waals surface area (Å²) in [7, 11) is 1.26. The molecule has 2 aromatic carbocycles. The molecule has 0 unspecified atom stereocenters. The Morgan fingerprint density at radius 3 is 2.41 bits per heavy atom. The van der Waals surface area contributed by atoms with Crippen molar-refractivity contribution in [3.8, 4) is 11.3 Å². The predicted molar refractivity (Wildman–Crippen MR) is 88.0 cm³/mol. The molecule has 0 bridgehead atoms. The molecule has 1 amide bonds. The van der Waals surface area contributed by atoms with Gasteiger partial charge in [0, 0.05) is 23.9 Å². The lowest BCUT2D eigenvalue weighted by atomic mass is 10.1. The Morgan fingerprint density at radius 1 is 1.07 bits per heavy atom. The average Bonchev–Trinajstić information content (AvgIpc) is 2.96. The number of carbonyl (C=O) groups is 1. The fraction of sp³-hybridized carbons (Fsp3) is 0.111. The van der Waals surface area contributed by atoms with Crippen molar-refractivity contribution in [3.63, 3.8) is 0 Å². The molecule has 0 saturated carbocycles. The van der Waals surface area contributed by atoms with E-state index in [1.54, 1.807) is 0 Å². The predicted octanol–water partition coefficient (Wildman–Crippen LogP) is 4.64. The zero-order chi connectivity index (χ0) is 19.8. The molecular formula is C18H12F5N3O. The van der Waals surface area contributed by atoms with Gasteiger partial charge in [-0.05, 0) is 42.5 Å². The van der Waals surface area contributed by atoms with Crippen LogP contribution in [-0.2, 0) is 13.2 Å². The Kier molecular flexibility index (Phi) is 4.69. The number of amides is 1. The number of nitrogens with one attached hydrogen (secondary N) is 1. The number of anilines is 1. The van der Waals surface area contributed by atoms with Crippen LogP contribution in [0.4, 0.5) is 27.6 Å². The summed E-state index contributed by atoms with van der Waals surface area (Å²) in [5.74, 6) is -2.13. The Bertz CT molecular complexity index is 1010. The van der Waals surface area contributed by atoms with E-state index in [1.165, 1.54) is 37.4 Å². The minimum absolute atomic E-state index is 0.0706. The maximum absolute atomic E-state index is 14.4. The maximum atomic E-state index is 14.4. The molecule has 0 aliphatic rings. The molecule has 1 heterocycles. The number of benzene rings is 2. The van der Waals surface area contributed by atoms with Crippen LogP contribution in [0.5, 0.6) is 0 Å². The largest absolute Gasteiger partial charge is 0.435 e. The van der Waals surface area contributed by atoms with Crippen LogP contribution >= 0.6 is 0 Å². The van der Waals surface area contributed by atoms with E-state index in [0.717, 1.165) is 22.9 Å². The summed E-state index contributed by atoms with van der Waals surface area (Å²) in [5, 5.41) is 5.74. The number of rotatable bonds is 3. The number of hydrogen-bond donors (Lipinski definition) is 1. The van der Waals surface area contributed by atoms with Gasteiger partial charge in [0.15, 0.2) is 5.69 Å². The van der Waals surface area contributed by atoms with Crippen molar-refractivity contribution in [2.24, 2.45) is 7.05 Å². The van der Waals surface area contributed by atoms with Crippen LogP contribution in [0.25, 0.3) is 11.3 Å². The molecular weight excluding hydrogens is 369 g/mol. The van der Waals surface area contributed by atoms with Gasteiger partial charge in [-0.3, -0.25) is 9.48 Å². The molecule has 0 atom stereocenters. The third-order valence-electron chi connectivity index (χ3n) is 3.76. The van der Waals surface area contributed by atoms with Gasteiger partial charge < -0.3 is 5.32 Å². The first kappa shape index (κ1) is 18.6. The minimum atomic E-state index is -4.66. The monoisotopic (exact) mass is 381 g/mol. The second kappa shape index (κ2) is 6.82. The highest BCUT2D eigenvalue weighted by molar-refractivity contribution is 6.04. The van der Waals surface area contributed by atoms with E-state index in [-0.39, 0.29) is 22.5 Å². The molecule has 9 heteroatoms. The standard InChI is InChI=1S/C18H12F5N3O/c1-26-15(9-16(25-26)18(21,22)23)13-6-5-10(7-14(13)20)17(27)24-12-4-2-3-11(19)8-12/h2-9H,1H3,(H,24,27). The molecule has 4 nitrogen and oxygen atoms in total. The number of halogens is 5. The summed E-state index contributed by atoms with van der Waals surface area (Å²) < 4.78 is 66.7. The second-order valence-electron chi connectivity index (χ2n) is 5.70. The topological polar surface area (TPSA) is 46.9 Å². The fourth-order valence-corrected chi connectivity index (χ4v) is 2.49. The van der Waals surface area contributed by atoms with E-state index < -0.39 is 29.4 Å². The van der Waals surface area contributed by atoms with Gasteiger partial charge >= 0.3 is 6.18 Å². The third kappa shape index (κ3) is 3.97. The fourth-order valence-electron chi connectivity index (χ4n) is 2.49. The van der Waals surface area contributed by atoms with Gasteiger partial charge in [-0.1, -0.05) is 6.07 Å². The smallest absolute Gasteiger partial charge is 0.322 e. The Balaban J connectivity index is 1.88. The Labute approximate surface area is 150 Å². The molecule has 0 fully saturated rings. The van der Waals surface area contributed by atoms with E-state index in [2.05, 4.69) is 10.4 Å². The van der Waals surface area contributed by atoms with Crippen molar-refractivity contribution in [1.82, 2.24) is 9.78 Å². The molecule has 3 aromatic rings. The molecule has 0 saturated heterocycles. The van der Waals surface area contributed by atoms with Crippen molar-refractivity contribution in [1.29, 1.82) is 0 Å². The van der Waals surface area contributed by atoms with Gasteiger partial charge in [0.25, 0.3) is 5.91 Å². The van der Waals surface area contributed by atoms with Gasteiger partial charge in [-0.15, -0.1) is 0 Å². The first-order valence-electron chi connectivity index (χ1n) is 7.63. The van der Waals surface area contributed by atoms with Crippen molar-refractivity contribution in [2.75, 3.05) is 5.32 Å². The van der Waals surface area contributed by atoms with Crippen molar-refractivity contribution in [3.05, 3.63) is 71.4 Å². The van der Waals surface area contributed by atoms with Gasteiger partial charge in [-0.2, -0.15) is 18.3 Å². The second-order valence-corrected chi connectivity index (χ2v) is 5.70. The molecule has 0 aliphatic heterocycles. The van der Waals surface area contributed by atoms with E-state index in [1.807, 2.05) is 0 Å². The molecule has 140 valence electrons. The first-order chi connectivity index (χ1) is 12.6. The van der Waals surface area contributed by atoms with E-state index in [4.69, 9.17) is 0 Å². The highest BCUT2D eigenvalue weighted by Crippen LogP contribution is 2.32. The quantitative estimate of drug-likeness (QED) is 0.672. The normalized spacial score (nSPS) is 11.5. The summed E-state index contributed by atoms with van der Waals surface area (Å²) in [4.78, 5) is 12.2. The number of alkyl halides is 3. The third-order valence-corrected chi connectivity index (χ3v) is 3.76. The number of hydrogen-bond acceptors (Lipinski definition) is 2. The van der Waals surface area contributed by atoms with Crippen LogP contribution in [0.2, 0.25) is 0 Å². The Hall–Kier alpha value is -3.23. The van der Waals surface area contributed by atoms with Crippen molar-refractivity contribution >= 4 is 11.6 Å². The lowest BCUT2D eigenvalue weighted by Gasteiger charge is -2.08. The summed E-state index contributed by atoms with van der Waals surface area (Å²) >= 11 is 0. The van der Waals surface area contributed by atoms with Crippen LogP contribution < -0.4 is 5.32 Å². The maximum Gasteiger partial charge on any atom is 0.435 e. The van der Waals surface area contributed by atoms with Gasteiger partial charge in [0.05, 0.1) is 5.69 Å². The van der Waals surface area contributed by atoms with E-state index in [9.17, 15) is 26.7 Å². The molecule has 0 aliphatic carbocycles. The zero-order valence-corrected chi connectivity index (χ0v) is 13.8. The molecule has 0 radical (unpaired) electrons. The SMILES string of the molecule is Cn1nc(C(F)(F)F)cc1-c1ccc(C(=O)Nc2cccc(F)c2)cc1F. The van der Waals surface area contributed by atoms with Crippen LogP contribution in [0, 0.1) is 11.6 Å². The Morgan fingerprint density at radius 2 is 1.81 bits per heavy atom. The number of carbonyl (C=O) groups excluding carboxylic acids is 1. The lowest BCUT2D eigenvalue weighted by Crippen LogP contribution is -2.12. The minimum Gasteiger partial charge on any atom is -0.322 e. The van der Waals surface area contributed by atoms with E-state index >= 15 is 0 Å². The summed E-state index contributed by atoms with van der Waals surface area (Å²) in [6.07, 6.45) is -4.66. The van der Waals surface area contributed by atoms with Crippen LogP contribution in [0.3, 0.4) is 0 Å². The number of nitrogens with zero attached hydrogens (tertiary/aromatic N) is 2. The van der Waals surface area contributed by atoms with Crippen LogP contribution in [0.15, 0.2) is 48.5 Å². The molecule has 1 N–H and O–H groups in total. The molecule has 3 rings (SSSR count). The number of aryl methyl sites for hydroxylation is 1. The van der Waals surface area contributed by atoms with Crippen molar-refractivity contribution in [2.45, 2.75) is 6.18 Å². The average molecular weight is 381 g/mol. The van der Waals surface area contributed by atoms with Crippen LogP contribution in [0.1, 0.15) is 16.1 Å². The van der Waals surface area contributed by atoms with Crippen LogP contribution in [-0.4, -0.2) is 15.7 Å². The number of aromatic nitrogens is 2. The first-order valence-corrected chi connectivity index (χ1v) is 7.63. The lowest BCUT2D eigenvalue weighted by molar-refractivity contribution is -0.141. The molecule has 1 aromatic heterocycles. The van der Waals surface area contributed by atoms with E-state index in [0.29, 0.717) is 0 Å². The summed E-state index contributed by atoms with van der Waals surface area (Å²) in [6, 6.07) is 9.22. The highest BCUT2D eigenvalue weighted by Gasteiger charge is 2.35. The van der Waals surface area contributed by atoms with Gasteiger partial charge in [0.1, 0.15) is 11.6 Å². The van der Waals surface area contributed by atoms with Gasteiger partial charge in [-0.25, -0.2) is 8.78 Å². The zero-order valence-electron chi connectivity index (χ0n) is 13.8. The molecule has 0 spiro atoms. The highest BCUT2D eigenvalue weighted by atomic mass is 19.4. The summed E-state index contributed by atoms with van der Waals surface area (Å²) in [5.41, 5.74) is -1.25. The van der Waals surface area contributed by atoms with Gasteiger partial charge in [0.2, 0.25) is 0 Å².